The van der Waals surface area contributed by atoms with E-state index >= 15 is 0 Å². The Labute approximate surface area is 164 Å². The fraction of sp³-hybridized carbons (Fsp3) is 0.304. The van der Waals surface area contributed by atoms with E-state index in [0.29, 0.717) is 30.0 Å². The molecule has 2 heterocycles. The number of nitrogens with one attached hydrogen (secondary N) is 1. The van der Waals surface area contributed by atoms with Crippen LogP contribution in [0.2, 0.25) is 0 Å². The Kier molecular flexibility index (Phi) is 4.90. The van der Waals surface area contributed by atoms with Crippen molar-refractivity contribution in [3.05, 3.63) is 59.9 Å². The number of benzene rings is 2. The molecule has 0 bridgehead atoms. The van der Waals surface area contributed by atoms with E-state index in [4.69, 9.17) is 4.42 Å². The smallest absolute Gasteiger partial charge is 0.291 e. The van der Waals surface area contributed by atoms with Crippen LogP contribution in [0.25, 0.3) is 11.0 Å². The summed E-state index contributed by atoms with van der Waals surface area (Å²) in [5, 5.41) is 3.81. The number of amides is 2. The molecule has 0 atom stereocenters. The largest absolute Gasteiger partial charge is 0.451 e. The van der Waals surface area contributed by atoms with Gasteiger partial charge in [0.1, 0.15) is 5.58 Å². The van der Waals surface area contributed by atoms with E-state index in [9.17, 15) is 9.59 Å². The zero-order chi connectivity index (χ0) is 19.7. The van der Waals surface area contributed by atoms with E-state index in [1.807, 2.05) is 47.4 Å². The molecule has 1 aliphatic heterocycles. The Balaban J connectivity index is 1.53. The van der Waals surface area contributed by atoms with E-state index in [1.165, 1.54) is 0 Å². The molecule has 0 unspecified atom stereocenters. The van der Waals surface area contributed by atoms with Crippen molar-refractivity contribution in [2.75, 3.05) is 16.8 Å². The Morgan fingerprint density at radius 2 is 1.96 bits per heavy atom. The highest BCUT2D eigenvalue weighted by atomic mass is 16.3. The maximum atomic E-state index is 12.6. The number of hydrogen-bond donors (Lipinski definition) is 1. The van der Waals surface area contributed by atoms with Crippen LogP contribution in [0, 0.1) is 5.92 Å². The van der Waals surface area contributed by atoms with Gasteiger partial charge in [0.2, 0.25) is 5.91 Å². The van der Waals surface area contributed by atoms with Crippen LogP contribution >= 0.6 is 0 Å². The predicted molar refractivity (Wildman–Crippen MR) is 111 cm³/mol. The third kappa shape index (κ3) is 3.65. The molecule has 0 saturated carbocycles. The van der Waals surface area contributed by atoms with Gasteiger partial charge in [-0.2, -0.15) is 0 Å². The van der Waals surface area contributed by atoms with Crippen molar-refractivity contribution in [3.63, 3.8) is 0 Å². The molecule has 144 valence electrons. The van der Waals surface area contributed by atoms with Gasteiger partial charge in [0, 0.05) is 29.7 Å². The zero-order valence-corrected chi connectivity index (χ0v) is 16.2. The molecule has 1 aromatic heterocycles. The van der Waals surface area contributed by atoms with Gasteiger partial charge in [-0.1, -0.05) is 32.0 Å². The summed E-state index contributed by atoms with van der Waals surface area (Å²) < 4.78 is 5.64. The number of carbonyl (C=O) groups is 2. The lowest BCUT2D eigenvalue weighted by molar-refractivity contribution is -0.118. The van der Waals surface area contributed by atoms with E-state index in [1.54, 1.807) is 6.07 Å². The third-order valence-electron chi connectivity index (χ3n) is 5.12. The highest BCUT2D eigenvalue weighted by Gasteiger charge is 2.24. The second kappa shape index (κ2) is 7.50. The van der Waals surface area contributed by atoms with Gasteiger partial charge < -0.3 is 14.6 Å². The Bertz CT molecular complexity index is 1000. The summed E-state index contributed by atoms with van der Waals surface area (Å²) in [6, 6.07) is 15.0. The molecule has 0 fully saturated rings. The number of rotatable bonds is 5. The van der Waals surface area contributed by atoms with Crippen LogP contribution in [0.5, 0.6) is 0 Å². The number of carbonyl (C=O) groups excluding carboxylic acids is 2. The second-order valence-corrected chi connectivity index (χ2v) is 7.67. The number of aryl methyl sites for hydroxylation is 1. The van der Waals surface area contributed by atoms with E-state index in [2.05, 4.69) is 19.2 Å². The summed E-state index contributed by atoms with van der Waals surface area (Å²) in [5.41, 5.74) is 3.45. The van der Waals surface area contributed by atoms with Crippen molar-refractivity contribution >= 4 is 34.2 Å². The number of hydrogen-bond acceptors (Lipinski definition) is 3. The maximum Gasteiger partial charge on any atom is 0.291 e. The lowest BCUT2D eigenvalue weighted by Crippen LogP contribution is -2.36. The van der Waals surface area contributed by atoms with Crippen molar-refractivity contribution in [3.8, 4) is 0 Å². The number of anilines is 2. The summed E-state index contributed by atoms with van der Waals surface area (Å²) in [6.45, 7) is 5.05. The second-order valence-electron chi connectivity index (χ2n) is 7.67. The Hall–Kier alpha value is -3.08. The van der Waals surface area contributed by atoms with Crippen LogP contribution in [0.4, 0.5) is 11.4 Å². The first kappa shape index (κ1) is 18.3. The molecule has 3 aromatic rings. The summed E-state index contributed by atoms with van der Waals surface area (Å²) in [7, 11) is 0. The van der Waals surface area contributed by atoms with Gasteiger partial charge in [0.05, 0.1) is 0 Å². The number of nitrogens with zero attached hydrogens (tertiary/aromatic N) is 1. The van der Waals surface area contributed by atoms with Gasteiger partial charge in [-0.05, 0) is 54.7 Å². The number of furan rings is 1. The fourth-order valence-electron chi connectivity index (χ4n) is 3.56. The van der Waals surface area contributed by atoms with Crippen molar-refractivity contribution in [1.82, 2.24) is 0 Å². The lowest BCUT2D eigenvalue weighted by Gasteiger charge is -2.30. The number of para-hydroxylation sites is 1. The third-order valence-corrected chi connectivity index (χ3v) is 5.12. The van der Waals surface area contributed by atoms with Gasteiger partial charge in [-0.25, -0.2) is 0 Å². The van der Waals surface area contributed by atoms with Crippen LogP contribution in [0.15, 0.2) is 52.9 Å². The van der Waals surface area contributed by atoms with Crippen molar-refractivity contribution < 1.29 is 14.0 Å². The number of fused-ring (bicyclic) bond motifs is 2. The zero-order valence-electron chi connectivity index (χ0n) is 16.2. The average molecular weight is 376 g/mol. The minimum absolute atomic E-state index is 0.173. The highest BCUT2D eigenvalue weighted by molar-refractivity contribution is 6.05. The minimum atomic E-state index is -0.278. The van der Waals surface area contributed by atoms with Crippen LogP contribution in [-0.4, -0.2) is 18.4 Å². The SMILES string of the molecule is CC(C)CCN1C(=O)CCc2cc(NC(=O)c3cc4ccccc4o3)ccc21. The molecule has 1 aliphatic rings. The first-order chi connectivity index (χ1) is 13.5. The topological polar surface area (TPSA) is 62.6 Å². The summed E-state index contributed by atoms with van der Waals surface area (Å²) in [4.78, 5) is 26.8. The van der Waals surface area contributed by atoms with Crippen molar-refractivity contribution in [2.45, 2.75) is 33.1 Å². The summed E-state index contributed by atoms with van der Waals surface area (Å²) in [5.74, 6) is 0.722. The molecule has 0 saturated heterocycles. The summed E-state index contributed by atoms with van der Waals surface area (Å²) >= 11 is 0. The molecule has 2 aromatic carbocycles. The molecular weight excluding hydrogens is 352 g/mol. The van der Waals surface area contributed by atoms with Crippen molar-refractivity contribution in [2.24, 2.45) is 5.92 Å². The van der Waals surface area contributed by atoms with Crippen LogP contribution in [0.1, 0.15) is 42.8 Å². The van der Waals surface area contributed by atoms with Crippen molar-refractivity contribution in [1.29, 1.82) is 0 Å². The predicted octanol–water partition coefficient (Wildman–Crippen LogP) is 5.01. The molecule has 1 N–H and O–H groups in total. The lowest BCUT2D eigenvalue weighted by atomic mass is 9.99. The normalized spacial score (nSPS) is 13.8. The molecule has 28 heavy (non-hydrogen) atoms. The van der Waals surface area contributed by atoms with Crippen LogP contribution < -0.4 is 10.2 Å². The standard InChI is InChI=1S/C23H24N2O3/c1-15(2)11-12-25-19-9-8-18(13-16(19)7-10-22(25)26)24-23(27)21-14-17-5-3-4-6-20(17)28-21/h3-6,8-9,13-15H,7,10-12H2,1-2H3,(H,24,27). The maximum absolute atomic E-state index is 12.6. The molecule has 5 nitrogen and oxygen atoms in total. The van der Waals surface area contributed by atoms with Gasteiger partial charge in [-0.3, -0.25) is 9.59 Å². The molecule has 2 amide bonds. The fourth-order valence-corrected chi connectivity index (χ4v) is 3.56. The van der Waals surface area contributed by atoms with Crippen LogP contribution in [0.3, 0.4) is 0 Å². The monoisotopic (exact) mass is 376 g/mol. The molecule has 0 radical (unpaired) electrons. The quantitative estimate of drug-likeness (QED) is 0.681. The highest BCUT2D eigenvalue weighted by Crippen LogP contribution is 2.31. The summed E-state index contributed by atoms with van der Waals surface area (Å²) in [6.07, 6.45) is 2.17. The molecular formula is C23H24N2O3. The average Bonchev–Trinajstić information content (AvgIpc) is 3.11. The minimum Gasteiger partial charge on any atom is -0.451 e. The molecule has 5 heteroatoms. The molecule has 0 spiro atoms. The van der Waals surface area contributed by atoms with Gasteiger partial charge >= 0.3 is 0 Å². The van der Waals surface area contributed by atoms with Crippen LogP contribution in [-0.2, 0) is 11.2 Å². The van der Waals surface area contributed by atoms with Gasteiger partial charge in [0.25, 0.3) is 5.91 Å². The Morgan fingerprint density at radius 1 is 1.14 bits per heavy atom. The van der Waals surface area contributed by atoms with E-state index in [-0.39, 0.29) is 17.6 Å². The van der Waals surface area contributed by atoms with Gasteiger partial charge in [-0.15, -0.1) is 0 Å². The van der Waals surface area contributed by atoms with Gasteiger partial charge in [0.15, 0.2) is 5.76 Å². The van der Waals surface area contributed by atoms with E-state index < -0.39 is 0 Å². The van der Waals surface area contributed by atoms with E-state index in [0.717, 1.165) is 29.6 Å². The molecule has 4 rings (SSSR count). The first-order valence-electron chi connectivity index (χ1n) is 9.74. The Morgan fingerprint density at radius 3 is 2.75 bits per heavy atom. The first-order valence-corrected chi connectivity index (χ1v) is 9.74. The molecule has 0 aliphatic carbocycles.